The maximum Gasteiger partial charge on any atom is 0.119 e. The topological polar surface area (TPSA) is 18.5 Å². The average molecular weight is 288 g/mol. The van der Waals surface area contributed by atoms with Crippen LogP contribution in [0.15, 0.2) is 36.4 Å². The molecule has 0 fully saturated rings. The van der Waals surface area contributed by atoms with Crippen molar-refractivity contribution >= 4 is 0 Å². The Morgan fingerprint density at radius 1 is 1.19 bits per heavy atom. The monoisotopic (exact) mass is 288 g/mol. The summed E-state index contributed by atoms with van der Waals surface area (Å²) in [4.78, 5) is 11.4. The molecule has 0 bridgehead atoms. The Hall–Kier alpha value is -1.12. The molecule has 21 heavy (non-hydrogen) atoms. The molecule has 0 radical (unpaired) electrons. The molecule has 2 unspecified atom stereocenters. The van der Waals surface area contributed by atoms with Crippen LogP contribution in [0.2, 0.25) is 0 Å². The predicted molar refractivity (Wildman–Crippen MR) is 86.9 cm³/mol. The molecule has 2 nitrogen and oxygen atoms in total. The van der Waals surface area contributed by atoms with E-state index in [9.17, 15) is 0 Å². The van der Waals surface area contributed by atoms with E-state index in [1.807, 2.05) is 20.8 Å². The second kappa shape index (κ2) is 7.24. The highest BCUT2D eigenvalue weighted by Crippen LogP contribution is 2.32. The van der Waals surface area contributed by atoms with Crippen molar-refractivity contribution in [3.63, 3.8) is 0 Å². The fourth-order valence-corrected chi connectivity index (χ4v) is 2.57. The van der Waals surface area contributed by atoms with Crippen molar-refractivity contribution in [1.82, 2.24) is 0 Å². The van der Waals surface area contributed by atoms with Crippen molar-refractivity contribution in [3.8, 4) is 0 Å². The average Bonchev–Trinajstić information content (AvgIpc) is 2.45. The van der Waals surface area contributed by atoms with Gasteiger partial charge in [-0.15, -0.1) is 0 Å². The lowest BCUT2D eigenvalue weighted by Gasteiger charge is -2.26. The standard InChI is InChI=1S/C19H28O2/c1-15-10-12-17(13-11-15)18(20-21-19(2,3)4)14-16-8-6-5-7-9-16/h6,8,10-13,16,18H,5,7,9,14H2,1-4H3. The Morgan fingerprint density at radius 2 is 1.90 bits per heavy atom. The van der Waals surface area contributed by atoms with Gasteiger partial charge in [0, 0.05) is 0 Å². The number of hydrogen-bond acceptors (Lipinski definition) is 2. The Kier molecular flexibility index (Phi) is 5.60. The first-order valence-corrected chi connectivity index (χ1v) is 8.02. The van der Waals surface area contributed by atoms with Gasteiger partial charge in [0.1, 0.15) is 6.10 Å². The smallest absolute Gasteiger partial charge is 0.119 e. The molecule has 2 atom stereocenters. The van der Waals surface area contributed by atoms with Crippen LogP contribution in [0.4, 0.5) is 0 Å². The van der Waals surface area contributed by atoms with Gasteiger partial charge in [-0.3, -0.25) is 0 Å². The maximum absolute atomic E-state index is 5.80. The molecule has 116 valence electrons. The van der Waals surface area contributed by atoms with Gasteiger partial charge in [0.2, 0.25) is 0 Å². The van der Waals surface area contributed by atoms with E-state index in [1.165, 1.54) is 30.4 Å². The summed E-state index contributed by atoms with van der Waals surface area (Å²) in [5, 5.41) is 0. The number of allylic oxidation sites excluding steroid dienone is 2. The van der Waals surface area contributed by atoms with Crippen LogP contribution in [0, 0.1) is 12.8 Å². The molecule has 0 N–H and O–H groups in total. The van der Waals surface area contributed by atoms with Gasteiger partial charge in [-0.2, -0.15) is 0 Å². The summed E-state index contributed by atoms with van der Waals surface area (Å²) in [6, 6.07) is 8.58. The quantitative estimate of drug-likeness (QED) is 0.403. The van der Waals surface area contributed by atoms with Crippen molar-refractivity contribution in [2.24, 2.45) is 5.92 Å². The molecule has 0 aliphatic heterocycles. The largest absolute Gasteiger partial charge is 0.230 e. The summed E-state index contributed by atoms with van der Waals surface area (Å²) in [6.07, 6.45) is 9.36. The molecule has 0 heterocycles. The third-order valence-corrected chi connectivity index (χ3v) is 3.73. The molecule has 2 rings (SSSR count). The van der Waals surface area contributed by atoms with Crippen molar-refractivity contribution < 1.29 is 9.78 Å². The first kappa shape index (κ1) is 16.3. The van der Waals surface area contributed by atoms with Gasteiger partial charge in [0.15, 0.2) is 0 Å². The van der Waals surface area contributed by atoms with Crippen LogP contribution in [-0.4, -0.2) is 5.60 Å². The second-order valence-corrected chi connectivity index (χ2v) is 7.05. The maximum atomic E-state index is 5.80. The van der Waals surface area contributed by atoms with Gasteiger partial charge >= 0.3 is 0 Å². The molecule has 1 aromatic rings. The zero-order chi connectivity index (χ0) is 15.3. The Morgan fingerprint density at radius 3 is 2.48 bits per heavy atom. The first-order chi connectivity index (χ1) is 9.94. The molecule has 1 aliphatic carbocycles. The summed E-state index contributed by atoms with van der Waals surface area (Å²) in [5.41, 5.74) is 2.18. The lowest BCUT2D eigenvalue weighted by molar-refractivity contribution is -0.377. The third-order valence-electron chi connectivity index (χ3n) is 3.73. The number of hydrogen-bond donors (Lipinski definition) is 0. The van der Waals surface area contributed by atoms with E-state index in [0.717, 1.165) is 6.42 Å². The lowest BCUT2D eigenvalue weighted by atomic mass is 9.89. The minimum absolute atomic E-state index is 0.00225. The molecule has 2 heteroatoms. The fourth-order valence-electron chi connectivity index (χ4n) is 2.57. The molecule has 1 aromatic carbocycles. The van der Waals surface area contributed by atoms with Crippen LogP contribution >= 0.6 is 0 Å². The molecule has 0 saturated carbocycles. The molecule has 0 aromatic heterocycles. The van der Waals surface area contributed by atoms with Crippen molar-refractivity contribution in [1.29, 1.82) is 0 Å². The van der Waals surface area contributed by atoms with Gasteiger partial charge in [-0.05, 0) is 64.9 Å². The normalized spacial score (nSPS) is 20.5. The van der Waals surface area contributed by atoms with E-state index in [0.29, 0.717) is 5.92 Å². The SMILES string of the molecule is Cc1ccc(C(CC2C=CCCC2)OOC(C)(C)C)cc1. The van der Waals surface area contributed by atoms with Crippen LogP contribution in [-0.2, 0) is 9.78 Å². The zero-order valence-corrected chi connectivity index (χ0v) is 13.8. The van der Waals surface area contributed by atoms with Crippen LogP contribution in [0.25, 0.3) is 0 Å². The van der Waals surface area contributed by atoms with Crippen molar-refractivity contribution in [2.45, 2.75) is 65.1 Å². The summed E-state index contributed by atoms with van der Waals surface area (Å²) >= 11 is 0. The minimum Gasteiger partial charge on any atom is -0.230 e. The molecule has 0 saturated heterocycles. The Bertz CT molecular complexity index is 453. The highest BCUT2D eigenvalue weighted by molar-refractivity contribution is 5.23. The molecule has 0 amide bonds. The molecular weight excluding hydrogens is 260 g/mol. The van der Waals surface area contributed by atoms with Crippen LogP contribution < -0.4 is 0 Å². The van der Waals surface area contributed by atoms with Gasteiger partial charge in [-0.25, -0.2) is 9.78 Å². The molecular formula is C19H28O2. The summed E-state index contributed by atoms with van der Waals surface area (Å²) in [7, 11) is 0. The van der Waals surface area contributed by atoms with E-state index < -0.39 is 0 Å². The highest BCUT2D eigenvalue weighted by Gasteiger charge is 2.22. The number of rotatable bonds is 5. The van der Waals surface area contributed by atoms with Crippen LogP contribution in [0.3, 0.4) is 0 Å². The van der Waals surface area contributed by atoms with E-state index in [4.69, 9.17) is 9.78 Å². The van der Waals surface area contributed by atoms with Gasteiger partial charge in [0.25, 0.3) is 0 Å². The third kappa shape index (κ3) is 5.64. The number of aryl methyl sites for hydroxylation is 1. The Balaban J connectivity index is 2.07. The summed E-state index contributed by atoms with van der Waals surface area (Å²) < 4.78 is 0. The van der Waals surface area contributed by atoms with Crippen LogP contribution in [0.1, 0.15) is 63.7 Å². The van der Waals surface area contributed by atoms with Gasteiger partial charge in [-0.1, -0.05) is 42.0 Å². The van der Waals surface area contributed by atoms with E-state index >= 15 is 0 Å². The lowest BCUT2D eigenvalue weighted by Crippen LogP contribution is -2.22. The van der Waals surface area contributed by atoms with Crippen LogP contribution in [0.5, 0.6) is 0 Å². The fraction of sp³-hybridized carbons (Fsp3) is 0.579. The first-order valence-electron chi connectivity index (χ1n) is 8.02. The Labute approximate surface area is 129 Å². The summed E-state index contributed by atoms with van der Waals surface area (Å²) in [6.45, 7) is 8.15. The highest BCUT2D eigenvalue weighted by atomic mass is 17.2. The second-order valence-electron chi connectivity index (χ2n) is 7.05. The van der Waals surface area contributed by atoms with Crippen molar-refractivity contribution in [2.75, 3.05) is 0 Å². The van der Waals surface area contributed by atoms with Gasteiger partial charge in [0.05, 0.1) is 5.60 Å². The van der Waals surface area contributed by atoms with E-state index in [1.54, 1.807) is 0 Å². The zero-order valence-electron chi connectivity index (χ0n) is 13.8. The number of benzene rings is 1. The molecule has 0 spiro atoms. The molecule has 1 aliphatic rings. The van der Waals surface area contributed by atoms with E-state index in [2.05, 4.69) is 43.3 Å². The van der Waals surface area contributed by atoms with Gasteiger partial charge < -0.3 is 0 Å². The minimum atomic E-state index is -0.286. The predicted octanol–water partition coefficient (Wildman–Crippen LogP) is 5.53. The van der Waals surface area contributed by atoms with Crippen molar-refractivity contribution in [3.05, 3.63) is 47.5 Å². The summed E-state index contributed by atoms with van der Waals surface area (Å²) in [5.74, 6) is 0.591. The van der Waals surface area contributed by atoms with E-state index in [-0.39, 0.29) is 11.7 Å².